The molecule has 8 heteroatoms. The number of nitrogens with zero attached hydrogens (tertiary/aromatic N) is 3. The first kappa shape index (κ1) is 20.7. The monoisotopic (exact) mass is 409 g/mol. The number of ether oxygens (including phenoxy) is 1. The third-order valence-electron chi connectivity index (χ3n) is 5.23. The number of carbonyl (C=O) groups is 1. The summed E-state index contributed by atoms with van der Waals surface area (Å²) >= 11 is 1.47. The number of hydrogen-bond donors (Lipinski definition) is 0. The fraction of sp³-hybridized carbons (Fsp3) is 0.500. The lowest BCUT2D eigenvalue weighted by atomic mass is 9.90. The number of amides is 1. The Morgan fingerprint density at radius 1 is 1.43 bits per heavy atom. The molecule has 0 saturated heterocycles. The van der Waals surface area contributed by atoms with Gasteiger partial charge < -0.3 is 14.2 Å². The van der Waals surface area contributed by atoms with Gasteiger partial charge in [-0.25, -0.2) is 4.98 Å². The number of thiophene rings is 1. The van der Waals surface area contributed by atoms with Gasteiger partial charge in [-0.2, -0.15) is 8.78 Å². The lowest BCUT2D eigenvalue weighted by Gasteiger charge is -2.33. The molecule has 0 radical (unpaired) electrons. The molecule has 3 heterocycles. The van der Waals surface area contributed by atoms with Gasteiger partial charge in [0.2, 0.25) is 0 Å². The second-order valence-electron chi connectivity index (χ2n) is 7.88. The van der Waals surface area contributed by atoms with E-state index in [0.717, 1.165) is 11.0 Å². The van der Waals surface area contributed by atoms with Crippen LogP contribution in [0.1, 0.15) is 49.4 Å². The zero-order valence-electron chi connectivity index (χ0n) is 16.7. The summed E-state index contributed by atoms with van der Waals surface area (Å²) < 4.78 is 33.8. The van der Waals surface area contributed by atoms with Gasteiger partial charge >= 0.3 is 0 Å². The first-order valence-electron chi connectivity index (χ1n) is 9.13. The molecule has 1 aliphatic heterocycles. The fourth-order valence-electron chi connectivity index (χ4n) is 3.44. The smallest absolute Gasteiger partial charge is 0.290 e. The second kappa shape index (κ2) is 7.75. The van der Waals surface area contributed by atoms with Crippen LogP contribution in [0.3, 0.4) is 0 Å². The van der Waals surface area contributed by atoms with Crippen molar-refractivity contribution in [2.45, 2.75) is 51.3 Å². The van der Waals surface area contributed by atoms with Crippen molar-refractivity contribution in [2.24, 2.45) is 0 Å². The van der Waals surface area contributed by atoms with Crippen LogP contribution in [0.5, 0.6) is 0 Å². The SMILES string of the molecule is COC1CCn2c(C(=O)N(C)C(C)(C)C)nc(-c3cccs3)c2C1C=C(F)F. The predicted octanol–water partition coefficient (Wildman–Crippen LogP) is 4.76. The van der Waals surface area contributed by atoms with E-state index in [0.29, 0.717) is 24.4 Å². The van der Waals surface area contributed by atoms with Crippen LogP contribution in [0.25, 0.3) is 10.6 Å². The number of aromatic nitrogens is 2. The zero-order chi connectivity index (χ0) is 20.6. The highest BCUT2D eigenvalue weighted by molar-refractivity contribution is 7.13. The van der Waals surface area contributed by atoms with Crippen LogP contribution in [-0.4, -0.2) is 46.2 Å². The highest BCUT2D eigenvalue weighted by atomic mass is 32.1. The summed E-state index contributed by atoms with van der Waals surface area (Å²) in [4.78, 5) is 20.3. The molecule has 0 aromatic carbocycles. The van der Waals surface area contributed by atoms with Crippen molar-refractivity contribution in [3.63, 3.8) is 0 Å². The predicted molar refractivity (Wildman–Crippen MR) is 106 cm³/mol. The van der Waals surface area contributed by atoms with Gasteiger partial charge in [-0.15, -0.1) is 11.3 Å². The van der Waals surface area contributed by atoms with Crippen LogP contribution in [0.15, 0.2) is 29.7 Å². The van der Waals surface area contributed by atoms with E-state index in [1.807, 2.05) is 38.3 Å². The molecule has 2 atom stereocenters. The largest absolute Gasteiger partial charge is 0.380 e. The van der Waals surface area contributed by atoms with Crippen molar-refractivity contribution < 1.29 is 18.3 Å². The van der Waals surface area contributed by atoms with Crippen LogP contribution in [0, 0.1) is 0 Å². The second-order valence-corrected chi connectivity index (χ2v) is 8.83. The molecule has 1 amide bonds. The number of fused-ring (bicyclic) bond motifs is 1. The Morgan fingerprint density at radius 2 is 2.14 bits per heavy atom. The molecule has 2 unspecified atom stereocenters. The van der Waals surface area contributed by atoms with E-state index < -0.39 is 18.1 Å². The third-order valence-corrected chi connectivity index (χ3v) is 6.10. The summed E-state index contributed by atoms with van der Waals surface area (Å²) in [5.74, 6) is -0.617. The standard InChI is InChI=1S/C20H25F2N3O2S/c1-20(2,3)24(4)19(26)18-23-16(14-7-6-10-28-14)17-12(11-15(21)22)13(27-5)8-9-25(17)18/h6-7,10-13H,8-9H2,1-5H3. The number of hydrogen-bond acceptors (Lipinski definition) is 4. The van der Waals surface area contributed by atoms with Crippen molar-refractivity contribution in [2.75, 3.05) is 14.2 Å². The van der Waals surface area contributed by atoms with Crippen molar-refractivity contribution in [3.05, 3.63) is 41.2 Å². The average Bonchev–Trinajstić information content (AvgIpc) is 3.27. The Kier molecular flexibility index (Phi) is 5.72. The fourth-order valence-corrected chi connectivity index (χ4v) is 4.16. The van der Waals surface area contributed by atoms with Gasteiger partial charge in [0.05, 0.1) is 22.6 Å². The average molecular weight is 410 g/mol. The highest BCUT2D eigenvalue weighted by Gasteiger charge is 2.38. The first-order chi connectivity index (χ1) is 13.1. The van der Waals surface area contributed by atoms with Crippen LogP contribution in [0.4, 0.5) is 8.78 Å². The maximum Gasteiger partial charge on any atom is 0.290 e. The van der Waals surface area contributed by atoms with Crippen molar-refractivity contribution in [1.82, 2.24) is 14.5 Å². The molecule has 0 fully saturated rings. The third kappa shape index (κ3) is 3.75. The zero-order valence-corrected chi connectivity index (χ0v) is 17.5. The lowest BCUT2D eigenvalue weighted by Crippen LogP contribution is -2.44. The van der Waals surface area contributed by atoms with Gasteiger partial charge in [0.1, 0.15) is 5.69 Å². The Hall–Kier alpha value is -2.06. The lowest BCUT2D eigenvalue weighted by molar-refractivity contribution is 0.0588. The van der Waals surface area contributed by atoms with E-state index >= 15 is 0 Å². The maximum absolute atomic E-state index is 13.3. The summed E-state index contributed by atoms with van der Waals surface area (Å²) in [6.07, 6.45) is -0.719. The van der Waals surface area contributed by atoms with Gasteiger partial charge in [0, 0.05) is 26.2 Å². The van der Waals surface area contributed by atoms with E-state index in [1.165, 1.54) is 18.4 Å². The van der Waals surface area contributed by atoms with Crippen LogP contribution < -0.4 is 0 Å². The molecule has 1 aliphatic rings. The number of rotatable bonds is 4. The molecular formula is C20H25F2N3O2S. The van der Waals surface area contributed by atoms with E-state index in [1.54, 1.807) is 16.5 Å². The van der Waals surface area contributed by atoms with Crippen LogP contribution >= 0.6 is 11.3 Å². The molecule has 152 valence electrons. The van der Waals surface area contributed by atoms with E-state index in [9.17, 15) is 13.6 Å². The molecule has 0 N–H and O–H groups in total. The van der Waals surface area contributed by atoms with Crippen molar-refractivity contribution >= 4 is 17.2 Å². The molecule has 2 aromatic rings. The number of halogens is 2. The topological polar surface area (TPSA) is 47.4 Å². The normalized spacial score (nSPS) is 19.2. The minimum Gasteiger partial charge on any atom is -0.380 e. The summed E-state index contributed by atoms with van der Waals surface area (Å²) in [5, 5.41) is 1.90. The molecule has 0 saturated carbocycles. The van der Waals surface area contributed by atoms with E-state index in [2.05, 4.69) is 4.98 Å². The maximum atomic E-state index is 13.3. The summed E-state index contributed by atoms with van der Waals surface area (Å²) in [6, 6.07) is 3.77. The summed E-state index contributed by atoms with van der Waals surface area (Å²) in [6.45, 7) is 6.31. The van der Waals surface area contributed by atoms with Crippen molar-refractivity contribution in [1.29, 1.82) is 0 Å². The molecule has 0 aliphatic carbocycles. The van der Waals surface area contributed by atoms with Gasteiger partial charge in [-0.3, -0.25) is 4.79 Å². The van der Waals surface area contributed by atoms with E-state index in [-0.39, 0.29) is 17.3 Å². The van der Waals surface area contributed by atoms with Gasteiger partial charge in [-0.1, -0.05) is 6.07 Å². The Bertz CT molecular complexity index is 880. The molecule has 2 aromatic heterocycles. The minimum atomic E-state index is -1.77. The minimum absolute atomic E-state index is 0.226. The molecule has 0 bridgehead atoms. The van der Waals surface area contributed by atoms with Crippen LogP contribution in [-0.2, 0) is 11.3 Å². The Labute approximate surface area is 167 Å². The quantitative estimate of drug-likeness (QED) is 0.731. The van der Waals surface area contributed by atoms with Gasteiger partial charge in [-0.05, 0) is 44.7 Å². The van der Waals surface area contributed by atoms with Gasteiger partial charge in [0.15, 0.2) is 5.82 Å². The Morgan fingerprint density at radius 3 is 2.68 bits per heavy atom. The summed E-state index contributed by atoms with van der Waals surface area (Å²) in [5.41, 5.74) is 0.796. The molecule has 3 rings (SSSR count). The number of carbonyl (C=O) groups excluding carboxylic acids is 1. The Balaban J connectivity index is 2.21. The molecule has 28 heavy (non-hydrogen) atoms. The first-order valence-corrected chi connectivity index (χ1v) is 10.0. The summed E-state index contributed by atoms with van der Waals surface area (Å²) in [7, 11) is 3.26. The molecular weight excluding hydrogens is 384 g/mol. The molecule has 5 nitrogen and oxygen atoms in total. The molecule has 0 spiro atoms. The number of imidazole rings is 1. The highest BCUT2D eigenvalue weighted by Crippen LogP contribution is 2.40. The van der Waals surface area contributed by atoms with Gasteiger partial charge in [0.25, 0.3) is 12.0 Å². The van der Waals surface area contributed by atoms with E-state index in [4.69, 9.17) is 4.74 Å². The number of methoxy groups -OCH3 is 1. The van der Waals surface area contributed by atoms with Crippen molar-refractivity contribution in [3.8, 4) is 10.6 Å². The van der Waals surface area contributed by atoms with Crippen LogP contribution in [0.2, 0.25) is 0 Å².